The van der Waals surface area contributed by atoms with Crippen LogP contribution in [-0.4, -0.2) is 9.97 Å². The number of benzene rings is 2. The average Bonchev–Trinajstić information content (AvgIpc) is 3.43. The van der Waals surface area contributed by atoms with Gasteiger partial charge in [-0.15, -0.1) is 0 Å². The zero-order chi connectivity index (χ0) is 31.2. The van der Waals surface area contributed by atoms with E-state index in [9.17, 15) is 0 Å². The minimum absolute atomic E-state index is 0.445. The molecule has 0 bridgehead atoms. The van der Waals surface area contributed by atoms with Gasteiger partial charge >= 0.3 is 0 Å². The first-order valence-electron chi connectivity index (χ1n) is 16.2. The van der Waals surface area contributed by atoms with Gasteiger partial charge in [0.2, 0.25) is 11.4 Å². The number of fused-ring (bicyclic) bond motifs is 3. The normalized spacial score (nSPS) is 13.3. The lowest BCUT2D eigenvalue weighted by Gasteiger charge is -2.21. The molecule has 6 aromatic rings. The quantitative estimate of drug-likeness (QED) is 0.167. The Morgan fingerprint density at radius 2 is 1.52 bits per heavy atom. The smallest absolute Gasteiger partial charge is 0.227 e. The molecule has 226 valence electrons. The third-order valence-corrected chi connectivity index (χ3v) is 9.11. The van der Waals surface area contributed by atoms with E-state index in [1.807, 2.05) is 49.5 Å². The molecule has 3 unspecified atom stereocenters. The van der Waals surface area contributed by atoms with Crippen molar-refractivity contribution in [1.82, 2.24) is 9.97 Å². The van der Waals surface area contributed by atoms with Gasteiger partial charge in [-0.05, 0) is 68.0 Å². The summed E-state index contributed by atoms with van der Waals surface area (Å²) < 4.78 is 8.96. The fraction of sp³-hybridized carbons (Fsp3) is 0.325. The Kier molecular flexibility index (Phi) is 9.89. The molecule has 0 aliphatic heterocycles. The molecule has 6 rings (SSSR count). The van der Waals surface area contributed by atoms with E-state index in [1.54, 1.807) is 0 Å². The van der Waals surface area contributed by atoms with E-state index < -0.39 is 0 Å². The van der Waals surface area contributed by atoms with Gasteiger partial charge in [0.05, 0.1) is 11.3 Å². The van der Waals surface area contributed by atoms with Crippen molar-refractivity contribution in [2.75, 3.05) is 0 Å². The second-order valence-corrected chi connectivity index (χ2v) is 12.0. The molecule has 0 saturated heterocycles. The highest BCUT2D eigenvalue weighted by Gasteiger charge is 2.30. The molecule has 4 nitrogen and oxygen atoms in total. The molecule has 0 aliphatic rings. The summed E-state index contributed by atoms with van der Waals surface area (Å²) >= 11 is 0. The number of pyridine rings is 3. The molecule has 0 spiro atoms. The van der Waals surface area contributed by atoms with Crippen molar-refractivity contribution in [3.05, 3.63) is 114 Å². The fourth-order valence-corrected chi connectivity index (χ4v) is 6.08. The summed E-state index contributed by atoms with van der Waals surface area (Å²) in [4.78, 5) is 8.93. The van der Waals surface area contributed by atoms with Gasteiger partial charge in [-0.1, -0.05) is 83.1 Å². The Morgan fingerprint density at radius 3 is 2.20 bits per heavy atom. The van der Waals surface area contributed by atoms with Crippen molar-refractivity contribution in [2.45, 2.75) is 79.7 Å². The molecule has 0 radical (unpaired) electrons. The summed E-state index contributed by atoms with van der Waals surface area (Å²) in [6, 6.07) is 29.9. The standard InChI is InChI=1S/C29H37N2O.C11H9N/c1-8-18(4)22-15-16-31(25(10-3)19(5)9-2)26(17-22)27-20(6)11-13-23-24-14-12-21(7)30-29(24)32-28(23)27;1-2-6-10(7-3-1)11-8-4-5-9-12-11/h11-19,25H,8-10H2,1-7H3;1-9H/q+1;. The summed E-state index contributed by atoms with van der Waals surface area (Å²) in [6.07, 6.45) is 7.52. The number of hydrogen-bond acceptors (Lipinski definition) is 3. The van der Waals surface area contributed by atoms with E-state index in [0.29, 0.717) is 17.9 Å². The fourth-order valence-electron chi connectivity index (χ4n) is 6.08. The van der Waals surface area contributed by atoms with Crippen molar-refractivity contribution in [3.63, 3.8) is 0 Å². The largest absolute Gasteiger partial charge is 0.437 e. The van der Waals surface area contributed by atoms with Gasteiger partial charge in [-0.2, -0.15) is 4.57 Å². The highest BCUT2D eigenvalue weighted by atomic mass is 16.3. The van der Waals surface area contributed by atoms with Gasteiger partial charge < -0.3 is 4.42 Å². The Bertz CT molecular complexity index is 1790. The molecule has 0 fully saturated rings. The average molecular weight is 585 g/mol. The topological polar surface area (TPSA) is 42.8 Å². The van der Waals surface area contributed by atoms with E-state index in [-0.39, 0.29) is 0 Å². The molecule has 0 amide bonds. The Labute approximate surface area is 262 Å². The number of rotatable bonds is 8. The lowest BCUT2D eigenvalue weighted by atomic mass is 9.92. The van der Waals surface area contributed by atoms with Gasteiger partial charge in [-0.3, -0.25) is 4.98 Å². The van der Waals surface area contributed by atoms with Crippen LogP contribution in [0.1, 0.15) is 82.7 Å². The van der Waals surface area contributed by atoms with E-state index in [1.165, 1.54) is 22.4 Å². The van der Waals surface area contributed by atoms with Crippen molar-refractivity contribution in [2.24, 2.45) is 5.92 Å². The van der Waals surface area contributed by atoms with Gasteiger partial charge in [-0.25, -0.2) is 4.98 Å². The van der Waals surface area contributed by atoms with Gasteiger partial charge in [0.15, 0.2) is 17.8 Å². The number of aryl methyl sites for hydroxylation is 2. The highest BCUT2D eigenvalue weighted by molar-refractivity contribution is 6.08. The summed E-state index contributed by atoms with van der Waals surface area (Å²) in [5, 5.41) is 2.23. The molecule has 4 heteroatoms. The maximum Gasteiger partial charge on any atom is 0.227 e. The first-order chi connectivity index (χ1) is 21.4. The van der Waals surface area contributed by atoms with Crippen LogP contribution in [0.5, 0.6) is 0 Å². The Balaban J connectivity index is 0.000000266. The van der Waals surface area contributed by atoms with Crippen molar-refractivity contribution < 1.29 is 8.98 Å². The molecule has 44 heavy (non-hydrogen) atoms. The van der Waals surface area contributed by atoms with Gasteiger partial charge in [0, 0.05) is 52.7 Å². The summed E-state index contributed by atoms with van der Waals surface area (Å²) in [5.74, 6) is 1.12. The molecular formula is C40H46N3O+. The molecule has 2 aromatic carbocycles. The molecule has 0 N–H and O–H groups in total. The molecule has 4 aromatic heterocycles. The van der Waals surface area contributed by atoms with Crippen LogP contribution < -0.4 is 4.57 Å². The summed E-state index contributed by atoms with van der Waals surface area (Å²) in [5.41, 5.74) is 9.93. The first kappa shape index (κ1) is 31.1. The number of furan rings is 1. The molecule has 4 heterocycles. The Morgan fingerprint density at radius 1 is 0.773 bits per heavy atom. The van der Waals surface area contributed by atoms with E-state index in [0.717, 1.165) is 58.3 Å². The minimum Gasteiger partial charge on any atom is -0.437 e. The molecule has 0 aliphatic carbocycles. The maximum absolute atomic E-state index is 6.46. The van der Waals surface area contributed by atoms with Crippen LogP contribution in [-0.2, 0) is 0 Å². The van der Waals surface area contributed by atoms with E-state index in [2.05, 4.69) is 111 Å². The van der Waals surface area contributed by atoms with Gasteiger partial charge in [0.25, 0.3) is 0 Å². The van der Waals surface area contributed by atoms with Crippen LogP contribution in [0.2, 0.25) is 0 Å². The zero-order valence-corrected chi connectivity index (χ0v) is 27.3. The molecular weight excluding hydrogens is 538 g/mol. The van der Waals surface area contributed by atoms with Crippen LogP contribution in [0, 0.1) is 19.8 Å². The first-order valence-corrected chi connectivity index (χ1v) is 16.2. The number of aromatic nitrogens is 3. The van der Waals surface area contributed by atoms with Crippen LogP contribution in [0.15, 0.2) is 102 Å². The van der Waals surface area contributed by atoms with Crippen LogP contribution in [0.3, 0.4) is 0 Å². The SMILES string of the molecule is CCC(C)c1cc[n+](C(CC)C(C)CC)c(-c2c(C)ccc3c2oc2nc(C)ccc23)c1.c1ccc(-c2ccccn2)cc1. The van der Waals surface area contributed by atoms with Gasteiger partial charge in [0.1, 0.15) is 0 Å². The van der Waals surface area contributed by atoms with Crippen molar-refractivity contribution in [3.8, 4) is 22.5 Å². The third-order valence-electron chi connectivity index (χ3n) is 9.11. The predicted molar refractivity (Wildman–Crippen MR) is 184 cm³/mol. The van der Waals surface area contributed by atoms with Crippen LogP contribution in [0.25, 0.3) is 44.6 Å². The Hall–Kier alpha value is -4.31. The molecule has 0 saturated carbocycles. The van der Waals surface area contributed by atoms with E-state index >= 15 is 0 Å². The number of nitrogens with zero attached hydrogens (tertiary/aromatic N) is 3. The lowest BCUT2D eigenvalue weighted by Crippen LogP contribution is -2.44. The van der Waals surface area contributed by atoms with Crippen LogP contribution >= 0.6 is 0 Å². The molecule has 3 atom stereocenters. The summed E-state index contributed by atoms with van der Waals surface area (Å²) in [7, 11) is 0. The second kappa shape index (κ2) is 14.0. The zero-order valence-electron chi connectivity index (χ0n) is 27.3. The van der Waals surface area contributed by atoms with Crippen LogP contribution in [0.4, 0.5) is 0 Å². The van der Waals surface area contributed by atoms with E-state index in [4.69, 9.17) is 4.42 Å². The monoisotopic (exact) mass is 584 g/mol. The second-order valence-electron chi connectivity index (χ2n) is 12.0. The highest BCUT2D eigenvalue weighted by Crippen LogP contribution is 2.38. The lowest BCUT2D eigenvalue weighted by molar-refractivity contribution is -0.720. The predicted octanol–water partition coefficient (Wildman–Crippen LogP) is 10.8. The van der Waals surface area contributed by atoms with Crippen molar-refractivity contribution >= 4 is 22.1 Å². The van der Waals surface area contributed by atoms with Crippen molar-refractivity contribution in [1.29, 1.82) is 0 Å². The number of hydrogen-bond donors (Lipinski definition) is 0. The third kappa shape index (κ3) is 6.45. The minimum atomic E-state index is 0.445. The summed E-state index contributed by atoms with van der Waals surface area (Å²) in [6.45, 7) is 15.8. The maximum atomic E-state index is 6.46.